The molecule has 1 aliphatic rings. The molecule has 4 rings (SSSR count). The van der Waals surface area contributed by atoms with Crippen molar-refractivity contribution in [3.63, 3.8) is 0 Å². The Bertz CT molecular complexity index is 873. The molecule has 0 amide bonds. The lowest BCUT2D eigenvalue weighted by atomic mass is 9.75. The topological polar surface area (TPSA) is 9.23 Å². The summed E-state index contributed by atoms with van der Waals surface area (Å²) in [5.41, 5.74) is 6.19. The highest BCUT2D eigenvalue weighted by molar-refractivity contribution is 5.69. The maximum atomic E-state index is 6.12. The number of fused-ring (bicyclic) bond motifs is 2. The first kappa shape index (κ1) is 14.1. The number of rotatable bonds is 1. The molecule has 0 radical (unpaired) electrons. The summed E-state index contributed by atoms with van der Waals surface area (Å²) in [5, 5.41) is 0. The monoisotopic (exact) mass is 300 g/mol. The van der Waals surface area contributed by atoms with Gasteiger partial charge in [0.15, 0.2) is 0 Å². The highest BCUT2D eigenvalue weighted by atomic mass is 16.5. The van der Waals surface area contributed by atoms with Crippen LogP contribution in [-0.2, 0) is 5.41 Å². The summed E-state index contributed by atoms with van der Waals surface area (Å²) >= 11 is 0. The molecule has 0 saturated heterocycles. The first-order valence-electron chi connectivity index (χ1n) is 8.04. The van der Waals surface area contributed by atoms with E-state index < -0.39 is 0 Å². The van der Waals surface area contributed by atoms with Gasteiger partial charge in [0.1, 0.15) is 11.5 Å². The van der Waals surface area contributed by atoms with E-state index >= 15 is 0 Å². The van der Waals surface area contributed by atoms with Gasteiger partial charge in [-0.25, -0.2) is 0 Å². The van der Waals surface area contributed by atoms with E-state index in [1.54, 1.807) is 0 Å². The zero-order chi connectivity index (χ0) is 16.0. The summed E-state index contributed by atoms with van der Waals surface area (Å²) in [4.78, 5) is 0. The van der Waals surface area contributed by atoms with Crippen molar-refractivity contribution in [3.05, 3.63) is 83.4 Å². The number of hydrogen-bond acceptors (Lipinski definition) is 1. The van der Waals surface area contributed by atoms with Crippen LogP contribution < -0.4 is 4.74 Å². The minimum absolute atomic E-state index is 0.0646. The predicted octanol–water partition coefficient (Wildman–Crippen LogP) is 6.09. The molecule has 0 fully saturated rings. The summed E-state index contributed by atoms with van der Waals surface area (Å²) < 4.78 is 6.12. The SMILES string of the molecule is Cc1ccc(-c2ccc3c(c2)C(C)(C)c2ccccc2O3)cc1. The minimum Gasteiger partial charge on any atom is -0.457 e. The van der Waals surface area contributed by atoms with Crippen molar-refractivity contribution >= 4 is 0 Å². The lowest BCUT2D eigenvalue weighted by molar-refractivity contribution is 0.418. The Morgan fingerprint density at radius 1 is 0.696 bits per heavy atom. The fourth-order valence-electron chi connectivity index (χ4n) is 3.37. The van der Waals surface area contributed by atoms with E-state index in [1.165, 1.54) is 27.8 Å². The van der Waals surface area contributed by atoms with Gasteiger partial charge in [0, 0.05) is 16.5 Å². The maximum absolute atomic E-state index is 6.12. The lowest BCUT2D eigenvalue weighted by Crippen LogP contribution is -2.24. The number of benzene rings is 3. The zero-order valence-corrected chi connectivity index (χ0v) is 13.8. The summed E-state index contributed by atoms with van der Waals surface area (Å²) in [5.74, 6) is 1.93. The quantitative estimate of drug-likeness (QED) is 0.528. The van der Waals surface area contributed by atoms with Crippen LogP contribution in [0, 0.1) is 6.92 Å². The molecule has 3 aromatic rings. The summed E-state index contributed by atoms with van der Waals surface area (Å²) in [6, 6.07) is 23.5. The van der Waals surface area contributed by atoms with Crippen LogP contribution in [0.15, 0.2) is 66.7 Å². The van der Waals surface area contributed by atoms with Gasteiger partial charge < -0.3 is 4.74 Å². The second-order valence-corrected chi connectivity index (χ2v) is 6.80. The van der Waals surface area contributed by atoms with Crippen molar-refractivity contribution in [1.29, 1.82) is 0 Å². The van der Waals surface area contributed by atoms with Gasteiger partial charge in [-0.3, -0.25) is 0 Å². The fourth-order valence-corrected chi connectivity index (χ4v) is 3.37. The molecule has 0 N–H and O–H groups in total. The molecule has 114 valence electrons. The number of aryl methyl sites for hydroxylation is 1. The van der Waals surface area contributed by atoms with Crippen molar-refractivity contribution < 1.29 is 4.74 Å². The van der Waals surface area contributed by atoms with Crippen LogP contribution >= 0.6 is 0 Å². The van der Waals surface area contributed by atoms with Crippen molar-refractivity contribution in [2.75, 3.05) is 0 Å². The molecule has 0 aromatic heterocycles. The van der Waals surface area contributed by atoms with Gasteiger partial charge in [0.05, 0.1) is 0 Å². The van der Waals surface area contributed by atoms with E-state index in [0.717, 1.165) is 11.5 Å². The van der Waals surface area contributed by atoms with Gasteiger partial charge in [-0.2, -0.15) is 0 Å². The highest BCUT2D eigenvalue weighted by Gasteiger charge is 2.34. The summed E-state index contributed by atoms with van der Waals surface area (Å²) in [6.07, 6.45) is 0. The van der Waals surface area contributed by atoms with Crippen LogP contribution in [0.3, 0.4) is 0 Å². The molecule has 23 heavy (non-hydrogen) atoms. The highest BCUT2D eigenvalue weighted by Crippen LogP contribution is 2.48. The molecule has 0 spiro atoms. The molecule has 1 heterocycles. The largest absolute Gasteiger partial charge is 0.457 e. The van der Waals surface area contributed by atoms with E-state index in [4.69, 9.17) is 4.74 Å². The van der Waals surface area contributed by atoms with Gasteiger partial charge in [-0.1, -0.05) is 67.9 Å². The lowest BCUT2D eigenvalue weighted by Gasteiger charge is -2.34. The van der Waals surface area contributed by atoms with E-state index in [1.807, 2.05) is 12.1 Å². The third-order valence-electron chi connectivity index (χ3n) is 4.82. The third-order valence-corrected chi connectivity index (χ3v) is 4.82. The van der Waals surface area contributed by atoms with Gasteiger partial charge in [0.25, 0.3) is 0 Å². The number of hydrogen-bond donors (Lipinski definition) is 0. The van der Waals surface area contributed by atoms with Crippen LogP contribution in [0.25, 0.3) is 11.1 Å². The average Bonchev–Trinajstić information content (AvgIpc) is 2.56. The smallest absolute Gasteiger partial charge is 0.131 e. The van der Waals surface area contributed by atoms with Gasteiger partial charge in [-0.15, -0.1) is 0 Å². The number of para-hydroxylation sites is 1. The van der Waals surface area contributed by atoms with Gasteiger partial charge in [-0.05, 0) is 36.2 Å². The second-order valence-electron chi connectivity index (χ2n) is 6.80. The Morgan fingerprint density at radius 2 is 1.35 bits per heavy atom. The van der Waals surface area contributed by atoms with E-state index in [2.05, 4.69) is 75.4 Å². The summed E-state index contributed by atoms with van der Waals surface area (Å²) in [7, 11) is 0. The molecule has 3 aromatic carbocycles. The molecule has 0 aliphatic carbocycles. The first-order valence-corrected chi connectivity index (χ1v) is 8.04. The van der Waals surface area contributed by atoms with Crippen LogP contribution in [0.2, 0.25) is 0 Å². The van der Waals surface area contributed by atoms with E-state index in [9.17, 15) is 0 Å². The molecule has 1 heteroatoms. The Balaban J connectivity index is 1.86. The molecule has 1 nitrogen and oxygen atoms in total. The Hall–Kier alpha value is -2.54. The number of ether oxygens (including phenoxy) is 1. The Morgan fingerprint density at radius 3 is 2.13 bits per heavy atom. The first-order chi connectivity index (χ1) is 11.1. The van der Waals surface area contributed by atoms with E-state index in [-0.39, 0.29) is 5.41 Å². The van der Waals surface area contributed by atoms with Crippen molar-refractivity contribution in [2.24, 2.45) is 0 Å². The molecule has 0 bridgehead atoms. The minimum atomic E-state index is -0.0646. The Labute approximate surface area is 137 Å². The average molecular weight is 300 g/mol. The fraction of sp³-hybridized carbons (Fsp3) is 0.182. The van der Waals surface area contributed by atoms with Crippen LogP contribution in [0.5, 0.6) is 11.5 Å². The second kappa shape index (κ2) is 4.99. The molecule has 1 aliphatic heterocycles. The molecular weight excluding hydrogens is 280 g/mol. The summed E-state index contributed by atoms with van der Waals surface area (Å²) in [6.45, 7) is 6.66. The predicted molar refractivity (Wildman–Crippen MR) is 95.3 cm³/mol. The van der Waals surface area contributed by atoms with Crippen molar-refractivity contribution in [3.8, 4) is 22.6 Å². The van der Waals surface area contributed by atoms with Crippen LogP contribution in [0.1, 0.15) is 30.5 Å². The zero-order valence-electron chi connectivity index (χ0n) is 13.8. The van der Waals surface area contributed by atoms with E-state index in [0.29, 0.717) is 0 Å². The normalized spacial score (nSPS) is 14.6. The molecule has 0 atom stereocenters. The Kier molecular flexibility index (Phi) is 3.05. The third kappa shape index (κ3) is 2.24. The van der Waals surface area contributed by atoms with Crippen LogP contribution in [0.4, 0.5) is 0 Å². The van der Waals surface area contributed by atoms with Gasteiger partial charge >= 0.3 is 0 Å². The van der Waals surface area contributed by atoms with Crippen molar-refractivity contribution in [2.45, 2.75) is 26.2 Å². The molecule has 0 saturated carbocycles. The van der Waals surface area contributed by atoms with Gasteiger partial charge in [0.2, 0.25) is 0 Å². The maximum Gasteiger partial charge on any atom is 0.131 e. The molecule has 0 unspecified atom stereocenters. The molecular formula is C22H20O. The van der Waals surface area contributed by atoms with Crippen LogP contribution in [-0.4, -0.2) is 0 Å². The standard InChI is InChI=1S/C22H20O/c1-15-8-10-16(11-9-15)17-12-13-21-19(14-17)22(2,3)18-6-4-5-7-20(18)23-21/h4-14H,1-3H3. The van der Waals surface area contributed by atoms with Crippen molar-refractivity contribution in [1.82, 2.24) is 0 Å².